The van der Waals surface area contributed by atoms with Gasteiger partial charge in [-0.15, -0.1) is 0 Å². The van der Waals surface area contributed by atoms with Crippen LogP contribution in [0, 0.1) is 16.7 Å². The van der Waals surface area contributed by atoms with Crippen molar-refractivity contribution >= 4 is 11.6 Å². The third-order valence-corrected chi connectivity index (χ3v) is 4.34. The summed E-state index contributed by atoms with van der Waals surface area (Å²) in [7, 11) is 0. The molecular formula is C18H24N2O. The Labute approximate surface area is 127 Å². The summed E-state index contributed by atoms with van der Waals surface area (Å²) in [6.07, 6.45) is 4.39. The third-order valence-electron chi connectivity index (χ3n) is 4.34. The fourth-order valence-electron chi connectivity index (χ4n) is 3.03. The van der Waals surface area contributed by atoms with Crippen molar-refractivity contribution in [3.8, 4) is 6.07 Å². The molecule has 1 aromatic rings. The minimum atomic E-state index is -0.844. The zero-order valence-electron chi connectivity index (χ0n) is 13.2. The first kappa shape index (κ1) is 15.6. The number of hydrogen-bond acceptors (Lipinski definition) is 2. The number of rotatable bonds is 2. The van der Waals surface area contributed by atoms with Crippen LogP contribution in [-0.2, 0) is 10.2 Å². The zero-order chi connectivity index (χ0) is 15.5. The third kappa shape index (κ3) is 3.26. The molecule has 1 amide bonds. The van der Waals surface area contributed by atoms with E-state index in [4.69, 9.17) is 0 Å². The number of nitrogens with zero attached hydrogens (tertiary/aromatic N) is 1. The molecule has 112 valence electrons. The van der Waals surface area contributed by atoms with Crippen molar-refractivity contribution in [3.63, 3.8) is 0 Å². The molecule has 0 bridgehead atoms. The summed E-state index contributed by atoms with van der Waals surface area (Å²) in [5.41, 5.74) is 1.04. The van der Waals surface area contributed by atoms with Crippen LogP contribution in [0.15, 0.2) is 24.3 Å². The Balaban J connectivity index is 2.26. The number of para-hydroxylation sites is 1. The first-order valence-corrected chi connectivity index (χ1v) is 7.71. The fraction of sp³-hybridized carbons (Fsp3) is 0.556. The van der Waals surface area contributed by atoms with Gasteiger partial charge in [0.25, 0.3) is 0 Å². The molecule has 1 saturated carbocycles. The van der Waals surface area contributed by atoms with Gasteiger partial charge in [0, 0.05) is 5.69 Å². The van der Waals surface area contributed by atoms with Crippen molar-refractivity contribution in [1.82, 2.24) is 0 Å². The normalized spacial score (nSPS) is 17.8. The molecule has 1 fully saturated rings. The second kappa shape index (κ2) is 5.89. The van der Waals surface area contributed by atoms with Gasteiger partial charge in [0.15, 0.2) is 0 Å². The molecule has 0 radical (unpaired) electrons. The van der Waals surface area contributed by atoms with Gasteiger partial charge < -0.3 is 5.32 Å². The van der Waals surface area contributed by atoms with Crippen molar-refractivity contribution in [3.05, 3.63) is 29.8 Å². The van der Waals surface area contributed by atoms with Crippen LogP contribution in [0.1, 0.15) is 58.4 Å². The van der Waals surface area contributed by atoms with Crippen LogP contribution in [0.25, 0.3) is 0 Å². The lowest BCUT2D eigenvalue weighted by atomic mass is 9.74. The maximum Gasteiger partial charge on any atom is 0.244 e. The minimum Gasteiger partial charge on any atom is -0.324 e. The lowest BCUT2D eigenvalue weighted by Gasteiger charge is -2.30. The van der Waals surface area contributed by atoms with Crippen molar-refractivity contribution in [1.29, 1.82) is 5.26 Å². The van der Waals surface area contributed by atoms with E-state index in [1.54, 1.807) is 0 Å². The minimum absolute atomic E-state index is 0.0454. The summed E-state index contributed by atoms with van der Waals surface area (Å²) in [6.45, 7) is 6.37. The van der Waals surface area contributed by atoms with E-state index in [0.29, 0.717) is 12.8 Å². The van der Waals surface area contributed by atoms with Crippen LogP contribution in [-0.4, -0.2) is 5.91 Å². The Hall–Kier alpha value is -1.82. The highest BCUT2D eigenvalue weighted by atomic mass is 16.2. The van der Waals surface area contributed by atoms with Gasteiger partial charge in [-0.25, -0.2) is 0 Å². The molecule has 1 N–H and O–H groups in total. The number of anilines is 1. The number of carbonyl (C=O) groups is 1. The summed E-state index contributed by atoms with van der Waals surface area (Å²) in [6, 6.07) is 10.1. The molecule has 21 heavy (non-hydrogen) atoms. The number of carbonyl (C=O) groups excluding carboxylic acids is 1. The van der Waals surface area contributed by atoms with E-state index in [-0.39, 0.29) is 11.3 Å². The number of nitrogens with one attached hydrogen (secondary N) is 1. The molecule has 0 spiro atoms. The first-order chi connectivity index (χ1) is 9.89. The second-order valence-corrected chi connectivity index (χ2v) is 7.00. The Morgan fingerprint density at radius 1 is 1.19 bits per heavy atom. The van der Waals surface area contributed by atoms with Gasteiger partial charge in [-0.1, -0.05) is 58.2 Å². The quantitative estimate of drug-likeness (QED) is 0.875. The summed E-state index contributed by atoms with van der Waals surface area (Å²) in [5, 5.41) is 12.5. The molecule has 1 aromatic carbocycles. The summed E-state index contributed by atoms with van der Waals surface area (Å²) >= 11 is 0. The molecule has 3 nitrogen and oxygen atoms in total. The summed E-state index contributed by atoms with van der Waals surface area (Å²) < 4.78 is 0. The van der Waals surface area contributed by atoms with Crippen molar-refractivity contribution < 1.29 is 4.79 Å². The van der Waals surface area contributed by atoms with Crippen LogP contribution in [0.3, 0.4) is 0 Å². The van der Waals surface area contributed by atoms with Gasteiger partial charge in [0.1, 0.15) is 5.41 Å². The van der Waals surface area contributed by atoms with E-state index < -0.39 is 5.41 Å². The van der Waals surface area contributed by atoms with Crippen molar-refractivity contribution in [2.75, 3.05) is 5.32 Å². The molecule has 0 aromatic heterocycles. The molecule has 2 rings (SSSR count). The lowest BCUT2D eigenvalue weighted by Crippen LogP contribution is -2.37. The molecule has 0 aliphatic heterocycles. The lowest BCUT2D eigenvalue weighted by molar-refractivity contribution is -0.124. The molecule has 0 atom stereocenters. The first-order valence-electron chi connectivity index (χ1n) is 7.71. The Kier molecular flexibility index (Phi) is 4.37. The van der Waals surface area contributed by atoms with Gasteiger partial charge in [-0.2, -0.15) is 5.26 Å². The highest BCUT2D eigenvalue weighted by molar-refractivity contribution is 5.98. The van der Waals surface area contributed by atoms with Crippen LogP contribution in [0.4, 0.5) is 5.69 Å². The maximum absolute atomic E-state index is 12.7. The predicted octanol–water partition coefficient (Wildman–Crippen LogP) is 4.40. The number of hydrogen-bond donors (Lipinski definition) is 1. The van der Waals surface area contributed by atoms with E-state index in [2.05, 4.69) is 32.2 Å². The average molecular weight is 284 g/mol. The zero-order valence-corrected chi connectivity index (χ0v) is 13.2. The molecule has 0 unspecified atom stereocenters. The van der Waals surface area contributed by atoms with E-state index in [1.165, 1.54) is 0 Å². The SMILES string of the molecule is CC(C)(C)c1ccccc1NC(=O)C1(C#N)CCCCC1. The van der Waals surface area contributed by atoms with Crippen molar-refractivity contribution in [2.45, 2.75) is 58.3 Å². The average Bonchev–Trinajstić information content (AvgIpc) is 2.47. The number of amides is 1. The van der Waals surface area contributed by atoms with E-state index in [9.17, 15) is 10.1 Å². The number of benzene rings is 1. The monoisotopic (exact) mass is 284 g/mol. The molecule has 1 aliphatic carbocycles. The molecule has 0 heterocycles. The van der Waals surface area contributed by atoms with E-state index in [0.717, 1.165) is 30.5 Å². The highest BCUT2D eigenvalue weighted by Gasteiger charge is 2.40. The van der Waals surface area contributed by atoms with Crippen LogP contribution in [0.5, 0.6) is 0 Å². The topological polar surface area (TPSA) is 52.9 Å². The summed E-state index contributed by atoms with van der Waals surface area (Å²) in [5.74, 6) is -0.138. The maximum atomic E-state index is 12.7. The van der Waals surface area contributed by atoms with Crippen LogP contribution < -0.4 is 5.32 Å². The van der Waals surface area contributed by atoms with Gasteiger partial charge >= 0.3 is 0 Å². The highest BCUT2D eigenvalue weighted by Crippen LogP contribution is 2.38. The predicted molar refractivity (Wildman–Crippen MR) is 84.9 cm³/mol. The Morgan fingerprint density at radius 2 is 1.81 bits per heavy atom. The van der Waals surface area contributed by atoms with Gasteiger partial charge in [0.2, 0.25) is 5.91 Å². The molecule has 0 saturated heterocycles. The van der Waals surface area contributed by atoms with Crippen LogP contribution >= 0.6 is 0 Å². The second-order valence-electron chi connectivity index (χ2n) is 7.00. The molecule has 1 aliphatic rings. The van der Waals surface area contributed by atoms with Gasteiger partial charge in [-0.3, -0.25) is 4.79 Å². The number of nitriles is 1. The smallest absolute Gasteiger partial charge is 0.244 e. The van der Waals surface area contributed by atoms with E-state index >= 15 is 0 Å². The standard InChI is InChI=1S/C18H24N2O/c1-17(2,3)14-9-5-6-10-15(14)20-16(21)18(13-19)11-7-4-8-12-18/h5-6,9-10H,4,7-8,11-12H2,1-3H3,(H,20,21). The van der Waals surface area contributed by atoms with Crippen LogP contribution in [0.2, 0.25) is 0 Å². The summed E-state index contributed by atoms with van der Waals surface area (Å²) in [4.78, 5) is 12.7. The Morgan fingerprint density at radius 3 is 2.38 bits per heavy atom. The van der Waals surface area contributed by atoms with Gasteiger partial charge in [-0.05, 0) is 29.9 Å². The fourth-order valence-corrected chi connectivity index (χ4v) is 3.03. The molecule has 3 heteroatoms. The van der Waals surface area contributed by atoms with E-state index in [1.807, 2.05) is 24.3 Å². The van der Waals surface area contributed by atoms with Gasteiger partial charge in [0.05, 0.1) is 6.07 Å². The Bertz CT molecular complexity index is 557. The van der Waals surface area contributed by atoms with Crippen molar-refractivity contribution in [2.24, 2.45) is 5.41 Å². The molecular weight excluding hydrogens is 260 g/mol. The largest absolute Gasteiger partial charge is 0.324 e.